The molecule has 0 radical (unpaired) electrons. The molecule has 8 aromatic carbocycles. The van der Waals surface area contributed by atoms with Crippen molar-refractivity contribution >= 4 is 23.5 Å². The monoisotopic (exact) mass is 1100 g/mol. The van der Waals surface area contributed by atoms with E-state index in [2.05, 4.69) is 234 Å². The van der Waals surface area contributed by atoms with Crippen LogP contribution in [0.2, 0.25) is 0 Å². The van der Waals surface area contributed by atoms with E-state index < -0.39 is 17.1 Å². The van der Waals surface area contributed by atoms with E-state index in [0.717, 1.165) is 68.8 Å². The van der Waals surface area contributed by atoms with Crippen molar-refractivity contribution in [2.75, 3.05) is 37.9 Å². The molecule has 0 amide bonds. The van der Waals surface area contributed by atoms with E-state index in [1.165, 1.54) is 72.7 Å². The van der Waals surface area contributed by atoms with Crippen LogP contribution in [-0.4, -0.2) is 59.6 Å². The molecule has 7 atom stereocenters. The standard InChI is InChI=1S/C73H76O5S2/c1-5-70(6-2,53-27-31-55(32-28-53)73(58-37-41-61(42-38-58)76-47-62-49-79-62)44-67(52-21-13-10-14-22-52)65-24-16-18-26-69(65)73)77-46-59(74)45-75-60-39-35-57(36-40-60)72(43-66(51-19-11-9-12-20-51)64-23-15-17-25-68(64)72)56-33-29-54(30-34-56)71(7-3,8-4)78-48-63-50-80-63/h9-42,59,62-63,66-67,74H,5-8,43-50H2,1-4H3. The van der Waals surface area contributed by atoms with Gasteiger partial charge in [-0.3, -0.25) is 0 Å². The first-order valence-electron chi connectivity index (χ1n) is 29.4. The molecule has 1 N–H and O–H groups in total. The molecular weight excluding hydrogens is 1020 g/mol. The van der Waals surface area contributed by atoms with Crippen molar-refractivity contribution in [3.8, 4) is 11.5 Å². The molecule has 7 unspecified atom stereocenters. The lowest BCUT2D eigenvalue weighted by atomic mass is 9.69. The average molecular weight is 1100 g/mol. The van der Waals surface area contributed by atoms with Gasteiger partial charge in [0.15, 0.2) is 0 Å². The van der Waals surface area contributed by atoms with Crippen molar-refractivity contribution in [2.45, 2.75) is 117 Å². The van der Waals surface area contributed by atoms with Gasteiger partial charge in [-0.25, -0.2) is 0 Å². The Kier molecular flexibility index (Phi) is 16.0. The van der Waals surface area contributed by atoms with Crippen molar-refractivity contribution in [3.05, 3.63) is 273 Å². The lowest BCUT2D eigenvalue weighted by Gasteiger charge is -2.36. The number of hydrogen-bond acceptors (Lipinski definition) is 7. The van der Waals surface area contributed by atoms with Crippen molar-refractivity contribution in [1.82, 2.24) is 0 Å². The highest BCUT2D eigenvalue weighted by Crippen LogP contribution is 2.58. The summed E-state index contributed by atoms with van der Waals surface area (Å²) in [4.78, 5) is 0. The molecule has 4 aliphatic rings. The number of aliphatic hydroxyl groups excluding tert-OH is 1. The number of fused-ring (bicyclic) bond motifs is 2. The van der Waals surface area contributed by atoms with Gasteiger partial charge in [-0.15, -0.1) is 0 Å². The zero-order valence-corrected chi connectivity index (χ0v) is 48.5. The molecule has 2 fully saturated rings. The maximum atomic E-state index is 11.6. The molecule has 2 saturated heterocycles. The first-order chi connectivity index (χ1) is 39.2. The van der Waals surface area contributed by atoms with Gasteiger partial charge in [0.2, 0.25) is 0 Å². The van der Waals surface area contributed by atoms with Gasteiger partial charge in [-0.1, -0.05) is 210 Å². The molecule has 2 aliphatic carbocycles. The second-order valence-corrected chi connectivity index (χ2v) is 25.4. The highest BCUT2D eigenvalue weighted by molar-refractivity contribution is 8.07. The summed E-state index contributed by atoms with van der Waals surface area (Å²) in [5.74, 6) is 4.49. The predicted octanol–water partition coefficient (Wildman–Crippen LogP) is 16.5. The molecule has 2 aliphatic heterocycles. The van der Waals surface area contributed by atoms with Crippen molar-refractivity contribution in [3.63, 3.8) is 0 Å². The summed E-state index contributed by atoms with van der Waals surface area (Å²) in [7, 11) is 0. The molecule has 7 heteroatoms. The molecule has 0 saturated carbocycles. The van der Waals surface area contributed by atoms with Gasteiger partial charge in [0.1, 0.15) is 30.8 Å². The topological polar surface area (TPSA) is 57.2 Å². The Hall–Kier alpha value is -6.06. The number of benzene rings is 8. The van der Waals surface area contributed by atoms with Crippen LogP contribution < -0.4 is 9.47 Å². The Labute approximate surface area is 483 Å². The van der Waals surface area contributed by atoms with E-state index in [0.29, 0.717) is 10.5 Å². The summed E-state index contributed by atoms with van der Waals surface area (Å²) in [6.07, 6.45) is 4.36. The van der Waals surface area contributed by atoms with Crippen LogP contribution in [0, 0.1) is 0 Å². The smallest absolute Gasteiger partial charge is 0.119 e. The van der Waals surface area contributed by atoms with Gasteiger partial charge in [-0.05, 0) is 130 Å². The second-order valence-electron chi connectivity index (χ2n) is 22.7. The minimum Gasteiger partial charge on any atom is -0.492 e. The lowest BCUT2D eigenvalue weighted by Crippen LogP contribution is -2.34. The van der Waals surface area contributed by atoms with Crippen LogP contribution in [0.5, 0.6) is 11.5 Å². The van der Waals surface area contributed by atoms with E-state index in [4.69, 9.17) is 18.9 Å². The molecule has 0 bridgehead atoms. The molecule has 5 nitrogen and oxygen atoms in total. The number of rotatable bonds is 24. The highest BCUT2D eigenvalue weighted by atomic mass is 32.2. The molecule has 80 heavy (non-hydrogen) atoms. The summed E-state index contributed by atoms with van der Waals surface area (Å²) in [5.41, 5.74) is 13.8. The third-order valence-electron chi connectivity index (χ3n) is 18.6. The minimum absolute atomic E-state index is 0.110. The maximum Gasteiger partial charge on any atom is 0.119 e. The SMILES string of the molecule is CCC(CC)(OCC(O)COc1ccc(C2(c3ccc(C(CC)(CC)OCC4CS4)cc3)CC(c3ccccc3)c3ccccc32)cc1)c1ccc(C2(c3ccc(OCC4CS4)cc3)CC(c3ccccc3)c3ccccc32)cc1. The molecule has 410 valence electrons. The molecule has 2 heterocycles. The van der Waals surface area contributed by atoms with Crippen LogP contribution in [0.3, 0.4) is 0 Å². The fourth-order valence-corrected chi connectivity index (χ4v) is 14.6. The first-order valence-corrected chi connectivity index (χ1v) is 31.5. The zero-order valence-electron chi connectivity index (χ0n) is 46.9. The largest absolute Gasteiger partial charge is 0.492 e. The number of ether oxygens (including phenoxy) is 4. The van der Waals surface area contributed by atoms with Crippen molar-refractivity contribution in [1.29, 1.82) is 0 Å². The molecule has 8 aromatic rings. The van der Waals surface area contributed by atoms with Gasteiger partial charge in [0.25, 0.3) is 0 Å². The predicted molar refractivity (Wildman–Crippen MR) is 330 cm³/mol. The molecule has 0 aromatic heterocycles. The van der Waals surface area contributed by atoms with Crippen LogP contribution >= 0.6 is 23.5 Å². The maximum absolute atomic E-state index is 11.6. The Balaban J connectivity index is 0.775. The van der Waals surface area contributed by atoms with Crippen molar-refractivity contribution < 1.29 is 24.1 Å². The Morgan fingerprint density at radius 3 is 1.24 bits per heavy atom. The summed E-state index contributed by atoms with van der Waals surface area (Å²) >= 11 is 3.95. The zero-order chi connectivity index (χ0) is 54.7. The number of thioether (sulfide) groups is 2. The number of hydrogen-bond donors (Lipinski definition) is 1. The number of aliphatic hydroxyl groups is 1. The van der Waals surface area contributed by atoms with E-state index in [1.54, 1.807) is 0 Å². The molecular formula is C73H76O5S2. The van der Waals surface area contributed by atoms with E-state index in [-0.39, 0.29) is 36.1 Å². The lowest BCUT2D eigenvalue weighted by molar-refractivity contribution is -0.0961. The third kappa shape index (κ3) is 10.5. The summed E-state index contributed by atoms with van der Waals surface area (Å²) in [6, 6.07) is 76.2. The van der Waals surface area contributed by atoms with Gasteiger partial charge in [0, 0.05) is 44.7 Å². The van der Waals surface area contributed by atoms with Gasteiger partial charge in [-0.2, -0.15) is 23.5 Å². The van der Waals surface area contributed by atoms with Crippen molar-refractivity contribution in [2.24, 2.45) is 0 Å². The normalized spacial score (nSPS) is 22.3. The molecule has 0 spiro atoms. The fraction of sp³-hybridized carbons (Fsp3) is 0.342. The van der Waals surface area contributed by atoms with E-state index in [9.17, 15) is 5.11 Å². The summed E-state index contributed by atoms with van der Waals surface area (Å²) in [5, 5.41) is 12.9. The average Bonchev–Trinajstić information content (AvgIpc) is 4.51. The quantitative estimate of drug-likeness (QED) is 0.0605. The van der Waals surface area contributed by atoms with Crippen LogP contribution in [0.4, 0.5) is 0 Å². The van der Waals surface area contributed by atoms with Crippen LogP contribution in [-0.2, 0) is 31.5 Å². The Bertz CT molecular complexity index is 3310. The Morgan fingerprint density at radius 1 is 0.438 bits per heavy atom. The van der Waals surface area contributed by atoms with Gasteiger partial charge < -0.3 is 24.1 Å². The Morgan fingerprint density at radius 2 is 0.812 bits per heavy atom. The van der Waals surface area contributed by atoms with Gasteiger partial charge >= 0.3 is 0 Å². The molecule has 12 rings (SSSR count). The van der Waals surface area contributed by atoms with Crippen LogP contribution in [0.25, 0.3) is 0 Å². The minimum atomic E-state index is -0.835. The van der Waals surface area contributed by atoms with E-state index in [1.807, 2.05) is 23.5 Å². The van der Waals surface area contributed by atoms with Gasteiger partial charge in [0.05, 0.1) is 24.4 Å². The first kappa shape index (κ1) is 54.5. The summed E-state index contributed by atoms with van der Waals surface area (Å²) < 4.78 is 26.3. The van der Waals surface area contributed by atoms with Crippen LogP contribution in [0.1, 0.15) is 145 Å². The second kappa shape index (κ2) is 23.4. The summed E-state index contributed by atoms with van der Waals surface area (Å²) in [6.45, 7) is 10.7. The fourth-order valence-electron chi connectivity index (χ4n) is 13.8. The third-order valence-corrected chi connectivity index (χ3v) is 20.5. The van der Waals surface area contributed by atoms with E-state index >= 15 is 0 Å². The van der Waals surface area contributed by atoms with Crippen LogP contribution in [0.15, 0.2) is 206 Å². The highest BCUT2D eigenvalue weighted by Gasteiger charge is 2.49.